The predicted molar refractivity (Wildman–Crippen MR) is 78.9 cm³/mol. The lowest BCUT2D eigenvalue weighted by Gasteiger charge is -2.03. The third kappa shape index (κ3) is 2.56. The van der Waals surface area contributed by atoms with Crippen molar-refractivity contribution in [3.05, 3.63) is 52.9 Å². The number of aromatic nitrogens is 1. The summed E-state index contributed by atoms with van der Waals surface area (Å²) in [6.45, 7) is 2.18. The summed E-state index contributed by atoms with van der Waals surface area (Å²) in [5.74, 6) is 1.19. The van der Waals surface area contributed by atoms with Crippen LogP contribution in [0, 0.1) is 6.92 Å². The van der Waals surface area contributed by atoms with Crippen molar-refractivity contribution in [2.75, 3.05) is 5.73 Å². The van der Waals surface area contributed by atoms with Crippen LogP contribution in [0.15, 0.2) is 40.8 Å². The molecule has 1 aromatic heterocycles. The van der Waals surface area contributed by atoms with Crippen molar-refractivity contribution in [2.45, 2.75) is 13.5 Å². The van der Waals surface area contributed by atoms with E-state index in [0.29, 0.717) is 22.4 Å². The van der Waals surface area contributed by atoms with Gasteiger partial charge in [0, 0.05) is 16.8 Å². The van der Waals surface area contributed by atoms with Gasteiger partial charge in [-0.2, -0.15) is 0 Å². The number of aryl methyl sites for hydroxylation is 1. The molecule has 0 amide bonds. The van der Waals surface area contributed by atoms with E-state index in [9.17, 15) is 0 Å². The summed E-state index contributed by atoms with van der Waals surface area (Å²) < 4.78 is 11.3. The predicted octanol–water partition coefficient (Wildman–Crippen LogP) is 3.95. The van der Waals surface area contributed by atoms with Crippen LogP contribution in [-0.2, 0) is 6.61 Å². The molecule has 0 spiro atoms. The van der Waals surface area contributed by atoms with E-state index in [1.54, 1.807) is 18.2 Å². The zero-order valence-corrected chi connectivity index (χ0v) is 11.6. The Labute approximate surface area is 121 Å². The van der Waals surface area contributed by atoms with Crippen LogP contribution in [0.4, 0.5) is 5.69 Å². The van der Waals surface area contributed by atoms with E-state index in [1.807, 2.05) is 25.1 Å². The van der Waals surface area contributed by atoms with Gasteiger partial charge in [-0.3, -0.25) is 0 Å². The molecular formula is C15H13ClN2O2. The van der Waals surface area contributed by atoms with Gasteiger partial charge in [0.15, 0.2) is 12.2 Å². The van der Waals surface area contributed by atoms with Crippen LogP contribution in [0.5, 0.6) is 5.75 Å². The standard InChI is InChI=1S/C15H13ClN2O2/c1-9-5-10(16)6-13-15(9)20-14(18-13)8-19-12-4-2-3-11(17)7-12/h2-7H,8,17H2,1H3. The minimum atomic E-state index is 0.245. The Kier molecular flexibility index (Phi) is 3.24. The van der Waals surface area contributed by atoms with E-state index in [1.165, 1.54) is 0 Å². The Hall–Kier alpha value is -2.20. The Bertz CT molecular complexity index is 768. The summed E-state index contributed by atoms with van der Waals surface area (Å²) >= 11 is 6.00. The zero-order chi connectivity index (χ0) is 14.1. The molecule has 0 aliphatic rings. The number of fused-ring (bicyclic) bond motifs is 1. The first-order valence-corrected chi connectivity index (χ1v) is 6.53. The summed E-state index contributed by atoms with van der Waals surface area (Å²) in [7, 11) is 0. The van der Waals surface area contributed by atoms with Crippen molar-refractivity contribution in [3.63, 3.8) is 0 Å². The van der Waals surface area contributed by atoms with Crippen molar-refractivity contribution in [1.82, 2.24) is 4.98 Å². The van der Waals surface area contributed by atoms with Crippen molar-refractivity contribution in [2.24, 2.45) is 0 Å². The Morgan fingerprint density at radius 1 is 1.30 bits per heavy atom. The zero-order valence-electron chi connectivity index (χ0n) is 10.9. The van der Waals surface area contributed by atoms with E-state index in [4.69, 9.17) is 26.5 Å². The summed E-state index contributed by atoms with van der Waals surface area (Å²) in [5.41, 5.74) is 8.77. The number of nitrogens with zero attached hydrogens (tertiary/aromatic N) is 1. The molecule has 102 valence electrons. The summed E-state index contributed by atoms with van der Waals surface area (Å²) in [6.07, 6.45) is 0. The highest BCUT2D eigenvalue weighted by Gasteiger charge is 2.10. The average Bonchev–Trinajstić information content (AvgIpc) is 2.80. The Morgan fingerprint density at radius 2 is 2.15 bits per heavy atom. The highest BCUT2D eigenvalue weighted by molar-refractivity contribution is 6.31. The second kappa shape index (κ2) is 5.06. The van der Waals surface area contributed by atoms with Gasteiger partial charge in [0.25, 0.3) is 0 Å². The molecule has 0 aliphatic carbocycles. The van der Waals surface area contributed by atoms with E-state index in [0.717, 1.165) is 16.7 Å². The van der Waals surface area contributed by atoms with Gasteiger partial charge < -0.3 is 14.9 Å². The van der Waals surface area contributed by atoms with Crippen LogP contribution in [0.2, 0.25) is 5.02 Å². The van der Waals surface area contributed by atoms with Crippen LogP contribution in [-0.4, -0.2) is 4.98 Å². The summed E-state index contributed by atoms with van der Waals surface area (Å²) in [6, 6.07) is 10.8. The highest BCUT2D eigenvalue weighted by atomic mass is 35.5. The molecule has 0 fully saturated rings. The van der Waals surface area contributed by atoms with Crippen LogP contribution in [0.1, 0.15) is 11.5 Å². The van der Waals surface area contributed by atoms with Gasteiger partial charge in [-0.05, 0) is 36.8 Å². The van der Waals surface area contributed by atoms with Crippen molar-refractivity contribution < 1.29 is 9.15 Å². The van der Waals surface area contributed by atoms with E-state index < -0.39 is 0 Å². The maximum Gasteiger partial charge on any atom is 0.233 e. The Balaban J connectivity index is 1.83. The van der Waals surface area contributed by atoms with Gasteiger partial charge >= 0.3 is 0 Å². The third-order valence-electron chi connectivity index (χ3n) is 2.91. The lowest BCUT2D eigenvalue weighted by Crippen LogP contribution is -1.96. The average molecular weight is 289 g/mol. The number of nitrogens with two attached hydrogens (primary N) is 1. The topological polar surface area (TPSA) is 61.3 Å². The van der Waals surface area contributed by atoms with Crippen LogP contribution >= 0.6 is 11.6 Å². The van der Waals surface area contributed by atoms with Gasteiger partial charge in [-0.25, -0.2) is 4.98 Å². The molecule has 2 N–H and O–H groups in total. The smallest absolute Gasteiger partial charge is 0.233 e. The van der Waals surface area contributed by atoms with Crippen LogP contribution in [0.3, 0.4) is 0 Å². The minimum absolute atomic E-state index is 0.245. The highest BCUT2D eigenvalue weighted by Crippen LogP contribution is 2.25. The fraction of sp³-hybridized carbons (Fsp3) is 0.133. The van der Waals surface area contributed by atoms with Gasteiger partial charge in [-0.1, -0.05) is 17.7 Å². The fourth-order valence-electron chi connectivity index (χ4n) is 2.01. The number of nitrogen functional groups attached to an aromatic ring is 1. The first kappa shape index (κ1) is 12.8. The van der Waals surface area contributed by atoms with Gasteiger partial charge in [0.1, 0.15) is 11.3 Å². The van der Waals surface area contributed by atoms with E-state index >= 15 is 0 Å². The number of halogens is 1. The number of hydrogen-bond acceptors (Lipinski definition) is 4. The molecule has 3 aromatic rings. The molecule has 5 heteroatoms. The SMILES string of the molecule is Cc1cc(Cl)cc2nc(COc3cccc(N)c3)oc12. The lowest BCUT2D eigenvalue weighted by molar-refractivity contribution is 0.267. The second-order valence-corrected chi connectivity index (χ2v) is 4.98. The number of ether oxygens (including phenoxy) is 1. The van der Waals surface area contributed by atoms with Gasteiger partial charge in [0.05, 0.1) is 0 Å². The maximum atomic E-state index is 6.00. The molecule has 0 unspecified atom stereocenters. The molecule has 0 radical (unpaired) electrons. The van der Waals surface area contributed by atoms with Gasteiger partial charge in [0.2, 0.25) is 5.89 Å². The molecule has 0 saturated heterocycles. The van der Waals surface area contributed by atoms with Crippen LogP contribution in [0.25, 0.3) is 11.1 Å². The normalized spacial score (nSPS) is 10.9. The largest absolute Gasteiger partial charge is 0.484 e. The minimum Gasteiger partial charge on any atom is -0.484 e. The number of hydrogen-bond donors (Lipinski definition) is 1. The molecule has 0 atom stereocenters. The summed E-state index contributed by atoms with van der Waals surface area (Å²) in [5, 5.41) is 0.645. The van der Waals surface area contributed by atoms with Crippen molar-refractivity contribution in [3.8, 4) is 5.75 Å². The molecule has 2 aromatic carbocycles. The van der Waals surface area contributed by atoms with Crippen molar-refractivity contribution >= 4 is 28.4 Å². The molecule has 20 heavy (non-hydrogen) atoms. The Morgan fingerprint density at radius 3 is 2.95 bits per heavy atom. The third-order valence-corrected chi connectivity index (χ3v) is 3.12. The van der Waals surface area contributed by atoms with E-state index in [2.05, 4.69) is 4.98 Å². The fourth-order valence-corrected chi connectivity index (χ4v) is 2.28. The number of benzene rings is 2. The molecule has 1 heterocycles. The molecular weight excluding hydrogens is 276 g/mol. The molecule has 3 rings (SSSR count). The monoisotopic (exact) mass is 288 g/mol. The number of anilines is 1. The van der Waals surface area contributed by atoms with Crippen LogP contribution < -0.4 is 10.5 Å². The lowest BCUT2D eigenvalue weighted by atomic mass is 10.2. The van der Waals surface area contributed by atoms with E-state index in [-0.39, 0.29) is 6.61 Å². The quantitative estimate of drug-likeness (QED) is 0.741. The first-order chi connectivity index (χ1) is 9.61. The maximum absolute atomic E-state index is 6.00. The second-order valence-electron chi connectivity index (χ2n) is 4.54. The summed E-state index contributed by atoms with van der Waals surface area (Å²) in [4.78, 5) is 4.36. The van der Waals surface area contributed by atoms with Crippen molar-refractivity contribution in [1.29, 1.82) is 0 Å². The molecule has 0 aliphatic heterocycles. The molecule has 0 bridgehead atoms. The number of rotatable bonds is 3. The molecule has 0 saturated carbocycles. The molecule has 4 nitrogen and oxygen atoms in total. The number of oxazole rings is 1. The first-order valence-electron chi connectivity index (χ1n) is 6.16. The van der Waals surface area contributed by atoms with Gasteiger partial charge in [-0.15, -0.1) is 0 Å².